The highest BCUT2D eigenvalue weighted by Gasteiger charge is 2.25. The first-order chi connectivity index (χ1) is 13.1. The van der Waals surface area contributed by atoms with Crippen molar-refractivity contribution in [3.8, 4) is 22.9 Å². The lowest BCUT2D eigenvalue weighted by Gasteiger charge is -2.28. The lowest BCUT2D eigenvalue weighted by Crippen LogP contribution is -2.38. The maximum atomic E-state index is 12.0. The number of carbonyl (C=O) groups is 1. The third-order valence-corrected chi connectivity index (χ3v) is 4.37. The van der Waals surface area contributed by atoms with Gasteiger partial charge in [-0.05, 0) is 49.4 Å². The summed E-state index contributed by atoms with van der Waals surface area (Å²) < 4.78 is 16.3. The molecule has 0 fully saturated rings. The minimum Gasteiger partial charge on any atom is -0.484 e. The van der Waals surface area contributed by atoms with Gasteiger partial charge in [0.2, 0.25) is 5.82 Å². The van der Waals surface area contributed by atoms with Gasteiger partial charge in [0, 0.05) is 17.1 Å². The van der Waals surface area contributed by atoms with Crippen LogP contribution in [0.5, 0.6) is 11.5 Å². The Bertz CT molecular complexity index is 971. The van der Waals surface area contributed by atoms with Crippen LogP contribution in [0.1, 0.15) is 12.8 Å². The van der Waals surface area contributed by atoms with Crippen molar-refractivity contribution in [2.75, 3.05) is 18.1 Å². The number of fused-ring (bicyclic) bond motifs is 1. The summed E-state index contributed by atoms with van der Waals surface area (Å²) in [5, 5.41) is 4.64. The number of rotatable bonds is 5. The molecule has 0 atom stereocenters. The molecule has 0 spiro atoms. The van der Waals surface area contributed by atoms with Gasteiger partial charge in [-0.15, -0.1) is 0 Å². The number of aromatic nitrogens is 2. The molecule has 27 heavy (non-hydrogen) atoms. The second kappa shape index (κ2) is 7.28. The molecular formula is C19H16ClN3O4. The van der Waals surface area contributed by atoms with Crippen LogP contribution in [0.15, 0.2) is 47.0 Å². The summed E-state index contributed by atoms with van der Waals surface area (Å²) in [5.41, 5.74) is 1.43. The Morgan fingerprint density at radius 2 is 2.04 bits per heavy atom. The topological polar surface area (TPSA) is 77.7 Å². The maximum Gasteiger partial charge on any atom is 0.265 e. The summed E-state index contributed by atoms with van der Waals surface area (Å²) in [6.45, 7) is 2.67. The standard InChI is InChI=1S/C19H16ClN3O4/c1-2-23-15-9-12(3-8-16(15)26-11-18(23)24)19-21-17(27-22-19)10-25-14-6-4-13(20)5-7-14/h3-9H,2,10-11H2,1H3. The summed E-state index contributed by atoms with van der Waals surface area (Å²) in [7, 11) is 0. The van der Waals surface area contributed by atoms with Crippen molar-refractivity contribution in [2.24, 2.45) is 0 Å². The molecule has 0 N–H and O–H groups in total. The summed E-state index contributed by atoms with van der Waals surface area (Å²) in [5.74, 6) is 2.00. The zero-order chi connectivity index (χ0) is 18.8. The Kier molecular flexibility index (Phi) is 4.68. The highest BCUT2D eigenvalue weighted by atomic mass is 35.5. The highest BCUT2D eigenvalue weighted by Crippen LogP contribution is 2.35. The van der Waals surface area contributed by atoms with Crippen LogP contribution in [0.25, 0.3) is 11.4 Å². The molecule has 0 radical (unpaired) electrons. The van der Waals surface area contributed by atoms with E-state index in [-0.39, 0.29) is 19.1 Å². The SMILES string of the molecule is CCN1C(=O)COc2ccc(-c3noc(COc4ccc(Cl)cc4)n3)cc21. The van der Waals surface area contributed by atoms with Gasteiger partial charge in [0.05, 0.1) is 5.69 Å². The number of anilines is 1. The van der Waals surface area contributed by atoms with Crippen LogP contribution in [0.4, 0.5) is 5.69 Å². The number of halogens is 1. The molecule has 2 aromatic carbocycles. The zero-order valence-electron chi connectivity index (χ0n) is 14.5. The van der Waals surface area contributed by atoms with Gasteiger partial charge in [-0.2, -0.15) is 4.98 Å². The van der Waals surface area contributed by atoms with Crippen LogP contribution in [0.2, 0.25) is 5.02 Å². The molecule has 0 aliphatic carbocycles. The van der Waals surface area contributed by atoms with Gasteiger partial charge in [-0.3, -0.25) is 4.79 Å². The van der Waals surface area contributed by atoms with Gasteiger partial charge >= 0.3 is 0 Å². The number of ether oxygens (including phenoxy) is 2. The van der Waals surface area contributed by atoms with E-state index in [4.69, 9.17) is 25.6 Å². The lowest BCUT2D eigenvalue weighted by molar-refractivity contribution is -0.121. The lowest BCUT2D eigenvalue weighted by atomic mass is 10.1. The van der Waals surface area contributed by atoms with Crippen molar-refractivity contribution in [3.05, 3.63) is 53.4 Å². The summed E-state index contributed by atoms with van der Waals surface area (Å²) in [6, 6.07) is 12.5. The quantitative estimate of drug-likeness (QED) is 0.666. The molecule has 0 bridgehead atoms. The molecule has 4 rings (SSSR count). The van der Waals surface area contributed by atoms with E-state index in [0.29, 0.717) is 40.5 Å². The van der Waals surface area contributed by atoms with Crippen LogP contribution < -0.4 is 14.4 Å². The largest absolute Gasteiger partial charge is 0.484 e. The normalized spacial score (nSPS) is 13.3. The van der Waals surface area contributed by atoms with Crippen LogP contribution in [-0.2, 0) is 11.4 Å². The van der Waals surface area contributed by atoms with E-state index >= 15 is 0 Å². The third-order valence-electron chi connectivity index (χ3n) is 4.12. The molecule has 3 aromatic rings. The van der Waals surface area contributed by atoms with E-state index in [1.165, 1.54) is 0 Å². The molecule has 8 heteroatoms. The fourth-order valence-corrected chi connectivity index (χ4v) is 2.92. The van der Waals surface area contributed by atoms with Gasteiger partial charge in [0.1, 0.15) is 11.5 Å². The molecule has 0 saturated heterocycles. The fraction of sp³-hybridized carbons (Fsp3) is 0.211. The highest BCUT2D eigenvalue weighted by molar-refractivity contribution is 6.30. The first-order valence-electron chi connectivity index (χ1n) is 8.42. The molecule has 1 aliphatic rings. The van der Waals surface area contributed by atoms with E-state index in [0.717, 1.165) is 5.56 Å². The van der Waals surface area contributed by atoms with Crippen molar-refractivity contribution >= 4 is 23.2 Å². The average Bonchev–Trinajstić information content (AvgIpc) is 3.16. The second-order valence-corrected chi connectivity index (χ2v) is 6.30. The Morgan fingerprint density at radius 1 is 1.22 bits per heavy atom. The van der Waals surface area contributed by atoms with Crippen molar-refractivity contribution < 1.29 is 18.8 Å². The first kappa shape index (κ1) is 17.4. The van der Waals surface area contributed by atoms with Gasteiger partial charge in [-0.1, -0.05) is 16.8 Å². The molecule has 0 saturated carbocycles. The summed E-state index contributed by atoms with van der Waals surface area (Å²) >= 11 is 5.85. The van der Waals surface area contributed by atoms with Crippen LogP contribution in [0, 0.1) is 0 Å². The van der Waals surface area contributed by atoms with Crippen molar-refractivity contribution in [2.45, 2.75) is 13.5 Å². The third kappa shape index (κ3) is 3.59. The van der Waals surface area contributed by atoms with Crippen LogP contribution in [-0.4, -0.2) is 29.2 Å². The zero-order valence-corrected chi connectivity index (χ0v) is 15.3. The molecule has 1 aliphatic heterocycles. The minimum atomic E-state index is -0.0766. The number of nitrogens with zero attached hydrogens (tertiary/aromatic N) is 3. The fourth-order valence-electron chi connectivity index (χ4n) is 2.79. The average molecular weight is 386 g/mol. The predicted molar refractivity (Wildman–Crippen MR) is 99.0 cm³/mol. The Hall–Kier alpha value is -3.06. The van der Waals surface area contributed by atoms with E-state index < -0.39 is 0 Å². The Labute approximate surface area is 160 Å². The van der Waals surface area contributed by atoms with Crippen LogP contribution in [0.3, 0.4) is 0 Å². The predicted octanol–water partition coefficient (Wildman–Crippen LogP) is 3.71. The number of benzene rings is 2. The van der Waals surface area contributed by atoms with E-state index in [2.05, 4.69) is 10.1 Å². The number of carbonyl (C=O) groups excluding carboxylic acids is 1. The molecule has 7 nitrogen and oxygen atoms in total. The van der Waals surface area contributed by atoms with Crippen molar-refractivity contribution in [1.82, 2.24) is 10.1 Å². The van der Waals surface area contributed by atoms with Crippen molar-refractivity contribution in [1.29, 1.82) is 0 Å². The minimum absolute atomic E-state index is 0.0502. The smallest absolute Gasteiger partial charge is 0.265 e. The second-order valence-electron chi connectivity index (χ2n) is 5.86. The monoisotopic (exact) mass is 385 g/mol. The van der Waals surface area contributed by atoms with Gasteiger partial charge < -0.3 is 18.9 Å². The molecule has 0 unspecified atom stereocenters. The van der Waals surface area contributed by atoms with Gasteiger partial charge in [0.25, 0.3) is 11.8 Å². The first-order valence-corrected chi connectivity index (χ1v) is 8.80. The summed E-state index contributed by atoms with van der Waals surface area (Å²) in [4.78, 5) is 18.0. The van der Waals surface area contributed by atoms with Crippen LogP contribution >= 0.6 is 11.6 Å². The van der Waals surface area contributed by atoms with E-state index in [9.17, 15) is 4.79 Å². The van der Waals surface area contributed by atoms with Crippen molar-refractivity contribution in [3.63, 3.8) is 0 Å². The number of hydrogen-bond acceptors (Lipinski definition) is 6. The molecular weight excluding hydrogens is 370 g/mol. The number of amides is 1. The molecule has 1 aromatic heterocycles. The maximum absolute atomic E-state index is 12.0. The molecule has 2 heterocycles. The molecule has 1 amide bonds. The van der Waals surface area contributed by atoms with Gasteiger partial charge in [-0.25, -0.2) is 0 Å². The molecule has 138 valence electrons. The van der Waals surface area contributed by atoms with E-state index in [1.54, 1.807) is 35.2 Å². The summed E-state index contributed by atoms with van der Waals surface area (Å²) in [6.07, 6.45) is 0. The Balaban J connectivity index is 1.52. The van der Waals surface area contributed by atoms with E-state index in [1.807, 2.05) is 19.1 Å². The van der Waals surface area contributed by atoms with Gasteiger partial charge in [0.15, 0.2) is 13.2 Å². The number of hydrogen-bond donors (Lipinski definition) is 0. The number of likely N-dealkylation sites (N-methyl/N-ethyl adjacent to an activating group) is 1. The Morgan fingerprint density at radius 3 is 2.81 bits per heavy atom.